The van der Waals surface area contributed by atoms with E-state index < -0.39 is 0 Å². The van der Waals surface area contributed by atoms with Gasteiger partial charge in [-0.3, -0.25) is 4.79 Å². The minimum absolute atomic E-state index is 0.0739. The van der Waals surface area contributed by atoms with Crippen LogP contribution in [0.2, 0.25) is 0 Å². The number of rotatable bonds is 8. The van der Waals surface area contributed by atoms with Crippen LogP contribution in [-0.4, -0.2) is 69.8 Å². The Kier molecular flexibility index (Phi) is 7.22. The Morgan fingerprint density at radius 2 is 1.92 bits per heavy atom. The third kappa shape index (κ3) is 5.23. The summed E-state index contributed by atoms with van der Waals surface area (Å²) >= 11 is 0. The van der Waals surface area contributed by atoms with Crippen LogP contribution >= 0.6 is 0 Å². The largest absolute Gasteiger partial charge is 0.474 e. The lowest BCUT2D eigenvalue weighted by Crippen LogP contribution is -2.39. The van der Waals surface area contributed by atoms with Gasteiger partial charge in [0.15, 0.2) is 0 Å². The first kappa shape index (κ1) is 23.9. The van der Waals surface area contributed by atoms with Crippen LogP contribution in [0, 0.1) is 0 Å². The van der Waals surface area contributed by atoms with E-state index in [1.807, 2.05) is 30.6 Å². The van der Waals surface area contributed by atoms with E-state index in [9.17, 15) is 4.79 Å². The van der Waals surface area contributed by atoms with E-state index in [1.54, 1.807) is 6.07 Å². The van der Waals surface area contributed by atoms with Gasteiger partial charge < -0.3 is 25.0 Å². The number of benzene rings is 1. The van der Waals surface area contributed by atoms with Crippen molar-refractivity contribution in [3.63, 3.8) is 0 Å². The zero-order valence-electron chi connectivity index (χ0n) is 20.4. The van der Waals surface area contributed by atoms with Gasteiger partial charge in [0.25, 0.3) is 5.91 Å². The standard InChI is InChI=1S/C26H31N7O3/c1-2-18-15-28-26(29-16-18)32-9-6-21(7-10-32)36-24-14-23(30-17-31-24)33-11-5-19-13-20(3-4-22(19)33)25(35)27-8-12-34/h3-4,13-17,21,34H,2,5-12H2,1H3,(H,27,35). The Morgan fingerprint density at radius 1 is 1.11 bits per heavy atom. The maximum atomic E-state index is 12.2. The quantitative estimate of drug-likeness (QED) is 0.491. The Labute approximate surface area is 210 Å². The minimum Gasteiger partial charge on any atom is -0.474 e. The van der Waals surface area contributed by atoms with Crippen molar-refractivity contribution in [2.75, 3.05) is 42.6 Å². The predicted octanol–water partition coefficient (Wildman–Crippen LogP) is 2.29. The zero-order valence-corrected chi connectivity index (χ0v) is 20.4. The molecule has 36 heavy (non-hydrogen) atoms. The van der Waals surface area contributed by atoms with E-state index >= 15 is 0 Å². The number of carbonyl (C=O) groups is 1. The number of hydrogen-bond acceptors (Lipinski definition) is 9. The molecule has 0 atom stereocenters. The van der Waals surface area contributed by atoms with Crippen LogP contribution < -0.4 is 19.9 Å². The first-order valence-electron chi connectivity index (χ1n) is 12.5. The van der Waals surface area contributed by atoms with Crippen molar-refractivity contribution in [3.05, 3.63) is 59.7 Å². The molecule has 0 radical (unpaired) electrons. The van der Waals surface area contributed by atoms with Crippen LogP contribution in [0.25, 0.3) is 0 Å². The number of nitrogens with one attached hydrogen (secondary N) is 1. The van der Waals surface area contributed by atoms with Gasteiger partial charge in [0.2, 0.25) is 11.8 Å². The SMILES string of the molecule is CCc1cnc(N2CCC(Oc3cc(N4CCc5cc(C(=O)NCCO)ccc54)ncn3)CC2)nc1. The number of anilines is 3. The molecular weight excluding hydrogens is 458 g/mol. The molecule has 10 nitrogen and oxygen atoms in total. The van der Waals surface area contributed by atoms with Crippen molar-refractivity contribution in [2.45, 2.75) is 38.7 Å². The molecule has 0 unspecified atom stereocenters. The Morgan fingerprint density at radius 3 is 2.67 bits per heavy atom. The molecular formula is C26H31N7O3. The molecule has 2 aliphatic heterocycles. The van der Waals surface area contributed by atoms with Crippen molar-refractivity contribution in [1.29, 1.82) is 0 Å². The number of hydrogen-bond donors (Lipinski definition) is 2. The molecule has 0 bridgehead atoms. The zero-order chi connectivity index (χ0) is 24.9. The first-order valence-corrected chi connectivity index (χ1v) is 12.5. The van der Waals surface area contributed by atoms with Gasteiger partial charge in [0.05, 0.1) is 6.61 Å². The highest BCUT2D eigenvalue weighted by atomic mass is 16.5. The molecule has 0 saturated carbocycles. The molecule has 1 amide bonds. The molecule has 10 heteroatoms. The number of ether oxygens (including phenoxy) is 1. The van der Waals surface area contributed by atoms with Gasteiger partial charge in [-0.25, -0.2) is 19.9 Å². The van der Waals surface area contributed by atoms with E-state index in [0.717, 1.165) is 73.9 Å². The first-order chi connectivity index (χ1) is 17.6. The van der Waals surface area contributed by atoms with E-state index in [4.69, 9.17) is 9.84 Å². The van der Waals surface area contributed by atoms with Crippen molar-refractivity contribution in [2.24, 2.45) is 0 Å². The smallest absolute Gasteiger partial charge is 0.251 e. The summed E-state index contributed by atoms with van der Waals surface area (Å²) in [6, 6.07) is 7.54. The summed E-state index contributed by atoms with van der Waals surface area (Å²) in [6.45, 7) is 4.69. The fraction of sp³-hybridized carbons (Fsp3) is 0.423. The normalized spacial score (nSPS) is 15.6. The molecule has 5 rings (SSSR count). The summed E-state index contributed by atoms with van der Waals surface area (Å²) in [5, 5.41) is 11.6. The molecule has 4 heterocycles. The van der Waals surface area contributed by atoms with Crippen LogP contribution in [0.5, 0.6) is 5.88 Å². The lowest BCUT2D eigenvalue weighted by atomic mass is 10.1. The van der Waals surface area contributed by atoms with E-state index in [-0.39, 0.29) is 25.2 Å². The number of nitrogens with zero attached hydrogens (tertiary/aromatic N) is 6. The molecule has 1 fully saturated rings. The molecule has 2 aromatic heterocycles. The second-order valence-corrected chi connectivity index (χ2v) is 8.99. The fourth-order valence-corrected chi connectivity index (χ4v) is 4.63. The summed E-state index contributed by atoms with van der Waals surface area (Å²) in [6.07, 6.45) is 8.90. The van der Waals surface area contributed by atoms with Crippen molar-refractivity contribution in [1.82, 2.24) is 25.3 Å². The Hall–Kier alpha value is -3.79. The van der Waals surface area contributed by atoms with Gasteiger partial charge in [-0.2, -0.15) is 0 Å². The Balaban J connectivity index is 1.21. The third-order valence-electron chi connectivity index (χ3n) is 6.65. The number of fused-ring (bicyclic) bond motifs is 1. The third-order valence-corrected chi connectivity index (χ3v) is 6.65. The lowest BCUT2D eigenvalue weighted by molar-refractivity contribution is 0.0944. The molecule has 0 spiro atoms. The highest BCUT2D eigenvalue weighted by Crippen LogP contribution is 2.35. The summed E-state index contributed by atoms with van der Waals surface area (Å²) in [4.78, 5) is 34.4. The lowest BCUT2D eigenvalue weighted by Gasteiger charge is -2.32. The van der Waals surface area contributed by atoms with E-state index in [2.05, 4.69) is 42.0 Å². The number of piperidine rings is 1. The van der Waals surface area contributed by atoms with Crippen LogP contribution in [-0.2, 0) is 12.8 Å². The summed E-state index contributed by atoms with van der Waals surface area (Å²) in [7, 11) is 0. The number of aliphatic hydroxyl groups excluding tert-OH is 1. The summed E-state index contributed by atoms with van der Waals surface area (Å²) in [5.74, 6) is 1.93. The average Bonchev–Trinajstić information content (AvgIpc) is 3.36. The van der Waals surface area contributed by atoms with E-state index in [0.29, 0.717) is 11.4 Å². The molecule has 2 aliphatic rings. The van der Waals surface area contributed by atoms with Gasteiger partial charge in [-0.1, -0.05) is 6.92 Å². The predicted molar refractivity (Wildman–Crippen MR) is 136 cm³/mol. The van der Waals surface area contributed by atoms with Gasteiger partial charge in [0, 0.05) is 68.7 Å². The minimum atomic E-state index is -0.182. The number of amides is 1. The fourth-order valence-electron chi connectivity index (χ4n) is 4.63. The second kappa shape index (κ2) is 10.9. The van der Waals surface area contributed by atoms with E-state index in [1.165, 1.54) is 6.33 Å². The highest BCUT2D eigenvalue weighted by molar-refractivity contribution is 5.95. The van der Waals surface area contributed by atoms with Crippen LogP contribution in [0.15, 0.2) is 43.0 Å². The number of aromatic nitrogens is 4. The van der Waals surface area contributed by atoms with Crippen molar-refractivity contribution < 1.29 is 14.6 Å². The maximum Gasteiger partial charge on any atom is 0.251 e. The number of aliphatic hydroxyl groups is 1. The molecule has 3 aromatic rings. The van der Waals surface area contributed by atoms with Gasteiger partial charge >= 0.3 is 0 Å². The van der Waals surface area contributed by atoms with Gasteiger partial charge in [-0.05, 0) is 42.2 Å². The van der Waals surface area contributed by atoms with Crippen LogP contribution in [0.3, 0.4) is 0 Å². The maximum absolute atomic E-state index is 12.2. The summed E-state index contributed by atoms with van der Waals surface area (Å²) < 4.78 is 6.23. The number of aryl methyl sites for hydroxylation is 1. The van der Waals surface area contributed by atoms with Gasteiger partial charge in [-0.15, -0.1) is 0 Å². The number of carbonyl (C=O) groups excluding carboxylic acids is 1. The second-order valence-electron chi connectivity index (χ2n) is 8.99. The molecule has 188 valence electrons. The van der Waals surface area contributed by atoms with Gasteiger partial charge in [0.1, 0.15) is 18.2 Å². The monoisotopic (exact) mass is 489 g/mol. The van der Waals surface area contributed by atoms with Crippen molar-refractivity contribution in [3.8, 4) is 5.88 Å². The molecule has 1 aromatic carbocycles. The molecule has 0 aliphatic carbocycles. The van der Waals surface area contributed by atoms with Crippen LogP contribution in [0.1, 0.15) is 41.3 Å². The topological polar surface area (TPSA) is 117 Å². The molecule has 1 saturated heterocycles. The van der Waals surface area contributed by atoms with Crippen LogP contribution in [0.4, 0.5) is 17.5 Å². The average molecular weight is 490 g/mol. The summed E-state index contributed by atoms with van der Waals surface area (Å²) in [5.41, 5.74) is 3.85. The highest BCUT2D eigenvalue weighted by Gasteiger charge is 2.25. The van der Waals surface area contributed by atoms with Crippen molar-refractivity contribution >= 4 is 23.4 Å². The Bertz CT molecular complexity index is 1200. The molecule has 2 N–H and O–H groups in total.